The van der Waals surface area contributed by atoms with E-state index in [1.165, 1.54) is 0 Å². The van der Waals surface area contributed by atoms with Gasteiger partial charge in [-0.2, -0.15) is 0 Å². The number of rotatable bonds is 5. The Kier molecular flexibility index (Phi) is 5.52. The van der Waals surface area contributed by atoms with E-state index in [4.69, 9.17) is 4.43 Å². The second-order valence-electron chi connectivity index (χ2n) is 8.49. The number of hydrogen-bond donors (Lipinski definition) is 1. The summed E-state index contributed by atoms with van der Waals surface area (Å²) in [4.78, 5) is 2.05. The topological polar surface area (TPSA) is 32.7 Å². The molecule has 0 heterocycles. The molecule has 146 valence electrons. The van der Waals surface area contributed by atoms with Crippen LogP contribution in [0, 0.1) is 0 Å². The van der Waals surface area contributed by atoms with Crippen molar-refractivity contribution in [3.05, 3.63) is 78.9 Å². The third-order valence-electron chi connectivity index (χ3n) is 5.40. The summed E-state index contributed by atoms with van der Waals surface area (Å²) in [6, 6.07) is 25.6. The average molecular weight is 392 g/mol. The largest absolute Gasteiger partial charge is 0.542 e. The first-order valence-corrected chi connectivity index (χ1v) is 12.5. The molecule has 0 fully saturated rings. The molecule has 0 radical (unpaired) electrons. The molecule has 0 aliphatic heterocycles. The zero-order valence-electron chi connectivity index (χ0n) is 17.3. The molecule has 3 nitrogen and oxygen atoms in total. The molecule has 0 aromatic heterocycles. The molecular formula is C24H29NO2Si. The van der Waals surface area contributed by atoms with Crippen molar-refractivity contribution in [2.45, 2.75) is 38.9 Å². The molecule has 3 rings (SSSR count). The van der Waals surface area contributed by atoms with Gasteiger partial charge in [-0.05, 0) is 54.5 Å². The lowest BCUT2D eigenvalue weighted by atomic mass is 10.1. The molecule has 3 aromatic rings. The van der Waals surface area contributed by atoms with Crippen molar-refractivity contribution >= 4 is 25.4 Å². The van der Waals surface area contributed by atoms with Gasteiger partial charge in [0.15, 0.2) is 0 Å². The summed E-state index contributed by atoms with van der Waals surface area (Å²) in [5.74, 6) is 0.906. The third-order valence-corrected chi connectivity index (χ3v) is 9.74. The second kappa shape index (κ2) is 7.72. The van der Waals surface area contributed by atoms with E-state index in [-0.39, 0.29) is 10.8 Å². The van der Waals surface area contributed by atoms with Gasteiger partial charge < -0.3 is 14.4 Å². The van der Waals surface area contributed by atoms with Gasteiger partial charge in [-0.1, -0.05) is 63.2 Å². The Morgan fingerprint density at radius 2 is 1.25 bits per heavy atom. The lowest BCUT2D eigenvalue weighted by Gasteiger charge is -2.38. The van der Waals surface area contributed by atoms with Gasteiger partial charge in [-0.15, -0.1) is 0 Å². The molecule has 4 heteroatoms. The van der Waals surface area contributed by atoms with Crippen LogP contribution >= 0.6 is 0 Å². The van der Waals surface area contributed by atoms with Gasteiger partial charge in [0.05, 0.1) is 0 Å². The molecule has 0 aliphatic rings. The van der Waals surface area contributed by atoms with E-state index in [2.05, 4.69) is 38.8 Å². The van der Waals surface area contributed by atoms with Crippen molar-refractivity contribution < 1.29 is 9.53 Å². The Bertz CT molecular complexity index is 879. The zero-order chi connectivity index (χ0) is 20.4. The minimum Gasteiger partial charge on any atom is -0.542 e. The number of hydrogen-bond acceptors (Lipinski definition) is 3. The molecule has 0 bridgehead atoms. The summed E-state index contributed by atoms with van der Waals surface area (Å²) in [6.07, 6.45) is 0. The number of aromatic hydroxyl groups is 1. The van der Waals surface area contributed by atoms with E-state index in [0.717, 1.165) is 11.4 Å². The minimum atomic E-state index is -2.09. The average Bonchev–Trinajstić information content (AvgIpc) is 2.65. The Balaban J connectivity index is 2.19. The quantitative estimate of drug-likeness (QED) is 0.465. The van der Waals surface area contributed by atoms with Crippen LogP contribution in [0.4, 0.5) is 17.1 Å². The van der Waals surface area contributed by atoms with Crippen molar-refractivity contribution in [1.29, 1.82) is 0 Å². The smallest absolute Gasteiger partial charge is 0.250 e. The fourth-order valence-electron chi connectivity index (χ4n) is 2.81. The maximum Gasteiger partial charge on any atom is 0.250 e. The highest BCUT2D eigenvalue weighted by atomic mass is 28.4. The van der Waals surface area contributed by atoms with Crippen LogP contribution in [0.2, 0.25) is 18.1 Å². The molecule has 0 spiro atoms. The molecule has 0 amide bonds. The van der Waals surface area contributed by atoms with E-state index < -0.39 is 8.32 Å². The molecule has 0 aliphatic carbocycles. The summed E-state index contributed by atoms with van der Waals surface area (Å²) in [5, 5.41) is 10.9. The third kappa shape index (κ3) is 4.07. The number of phenolic OH excluding ortho intramolecular Hbond substituents is 1. The van der Waals surface area contributed by atoms with Crippen molar-refractivity contribution in [3.8, 4) is 11.5 Å². The highest BCUT2D eigenvalue weighted by Gasteiger charge is 2.40. The SMILES string of the molecule is CC(C)(C)[Si](C)(C)Oc1cccc(O)c1N(c1ccccc1)c1ccccc1. The lowest BCUT2D eigenvalue weighted by Crippen LogP contribution is -2.44. The van der Waals surface area contributed by atoms with Gasteiger partial charge in [-0.25, -0.2) is 0 Å². The summed E-state index contributed by atoms with van der Waals surface area (Å²) in [5.41, 5.74) is 2.61. The number of benzene rings is 3. The van der Waals surface area contributed by atoms with Crippen LogP contribution in [-0.2, 0) is 0 Å². The van der Waals surface area contributed by atoms with Crippen LogP contribution in [0.25, 0.3) is 0 Å². The van der Waals surface area contributed by atoms with Gasteiger partial charge in [0, 0.05) is 11.4 Å². The van der Waals surface area contributed by atoms with Gasteiger partial charge in [0.2, 0.25) is 0 Å². The molecule has 3 aromatic carbocycles. The summed E-state index contributed by atoms with van der Waals surface area (Å²) >= 11 is 0. The maximum absolute atomic E-state index is 10.9. The van der Waals surface area contributed by atoms with E-state index >= 15 is 0 Å². The number of phenols is 1. The van der Waals surface area contributed by atoms with Gasteiger partial charge >= 0.3 is 0 Å². The van der Waals surface area contributed by atoms with Crippen molar-refractivity contribution in [3.63, 3.8) is 0 Å². The predicted molar refractivity (Wildman–Crippen MR) is 121 cm³/mol. The molecule has 0 saturated carbocycles. The summed E-state index contributed by atoms with van der Waals surface area (Å²) in [6.45, 7) is 11.1. The van der Waals surface area contributed by atoms with Crippen LogP contribution < -0.4 is 9.33 Å². The Morgan fingerprint density at radius 1 is 0.750 bits per heavy atom. The van der Waals surface area contributed by atoms with Gasteiger partial charge in [0.25, 0.3) is 8.32 Å². The molecule has 0 unspecified atom stereocenters. The van der Waals surface area contributed by atoms with E-state index in [0.29, 0.717) is 11.4 Å². The molecule has 1 N–H and O–H groups in total. The fourth-order valence-corrected chi connectivity index (χ4v) is 3.83. The zero-order valence-corrected chi connectivity index (χ0v) is 18.3. The fraction of sp³-hybridized carbons (Fsp3) is 0.250. The minimum absolute atomic E-state index is 0.0556. The first-order chi connectivity index (χ1) is 13.2. The van der Waals surface area contributed by atoms with Crippen molar-refractivity contribution in [2.75, 3.05) is 4.90 Å². The van der Waals surface area contributed by atoms with Crippen LogP contribution in [0.5, 0.6) is 11.5 Å². The second-order valence-corrected chi connectivity index (χ2v) is 13.2. The van der Waals surface area contributed by atoms with Gasteiger partial charge in [0.1, 0.15) is 17.2 Å². The van der Waals surface area contributed by atoms with E-state index in [1.807, 2.05) is 72.8 Å². The Labute approximate surface area is 169 Å². The molecular weight excluding hydrogens is 362 g/mol. The lowest BCUT2D eigenvalue weighted by molar-refractivity contribution is 0.463. The maximum atomic E-state index is 10.9. The van der Waals surface area contributed by atoms with E-state index in [9.17, 15) is 5.11 Å². The number of para-hydroxylation sites is 3. The van der Waals surface area contributed by atoms with Crippen LogP contribution in [0.15, 0.2) is 78.9 Å². The first kappa shape index (κ1) is 20.0. The first-order valence-electron chi connectivity index (χ1n) is 9.62. The highest BCUT2D eigenvalue weighted by molar-refractivity contribution is 6.74. The Hall–Kier alpha value is -2.72. The Morgan fingerprint density at radius 3 is 1.71 bits per heavy atom. The highest BCUT2D eigenvalue weighted by Crippen LogP contribution is 2.48. The molecule has 28 heavy (non-hydrogen) atoms. The van der Waals surface area contributed by atoms with Gasteiger partial charge in [-0.3, -0.25) is 0 Å². The van der Waals surface area contributed by atoms with Crippen LogP contribution in [0.1, 0.15) is 20.8 Å². The predicted octanol–water partition coefficient (Wildman–Crippen LogP) is 7.25. The van der Waals surface area contributed by atoms with Crippen LogP contribution in [-0.4, -0.2) is 13.4 Å². The summed E-state index contributed by atoms with van der Waals surface area (Å²) in [7, 11) is -2.09. The summed E-state index contributed by atoms with van der Waals surface area (Å²) < 4.78 is 6.64. The molecule has 0 saturated heterocycles. The van der Waals surface area contributed by atoms with Crippen LogP contribution in [0.3, 0.4) is 0 Å². The van der Waals surface area contributed by atoms with Crippen molar-refractivity contribution in [2.24, 2.45) is 0 Å². The van der Waals surface area contributed by atoms with E-state index in [1.54, 1.807) is 6.07 Å². The molecule has 0 atom stereocenters. The number of anilines is 3. The standard InChI is InChI=1S/C24H29NO2Si/c1-24(2,3)28(4,5)27-22-18-12-17-21(26)23(22)25(19-13-8-6-9-14-19)20-15-10-7-11-16-20/h6-18,26H,1-5H3. The normalized spacial score (nSPS) is 11.9. The monoisotopic (exact) mass is 391 g/mol. The van der Waals surface area contributed by atoms with Crippen molar-refractivity contribution in [1.82, 2.24) is 0 Å². The number of nitrogens with zero attached hydrogens (tertiary/aromatic N) is 1.